The van der Waals surface area contributed by atoms with Crippen molar-refractivity contribution in [3.63, 3.8) is 0 Å². The summed E-state index contributed by atoms with van der Waals surface area (Å²) < 4.78 is 0. The van der Waals surface area contributed by atoms with Gasteiger partial charge >= 0.3 is 5.97 Å². The second-order valence-corrected chi connectivity index (χ2v) is 10.4. The molecular weight excluding hydrogens is 302 g/mol. The molecule has 1 aliphatic heterocycles. The van der Waals surface area contributed by atoms with Gasteiger partial charge in [-0.2, -0.15) is 0 Å². The molecule has 134 valence electrons. The molecule has 0 radical (unpaired) electrons. The van der Waals surface area contributed by atoms with E-state index >= 15 is 0 Å². The fourth-order valence-electron chi connectivity index (χ4n) is 7.72. The van der Waals surface area contributed by atoms with Crippen LogP contribution in [0, 0.1) is 34.0 Å². The lowest BCUT2D eigenvalue weighted by molar-refractivity contribution is -0.182. The van der Waals surface area contributed by atoms with Crippen molar-refractivity contribution in [3.05, 3.63) is 0 Å². The normalized spacial score (nSPS) is 50.1. The van der Waals surface area contributed by atoms with E-state index in [0.717, 1.165) is 19.3 Å². The number of carbonyl (C=O) groups excluding carboxylic acids is 1. The number of carbonyl (C=O) groups is 2. The zero-order valence-electron chi connectivity index (χ0n) is 15.3. The van der Waals surface area contributed by atoms with Crippen LogP contribution in [0.4, 0.5) is 0 Å². The van der Waals surface area contributed by atoms with Crippen LogP contribution in [0.5, 0.6) is 0 Å². The molecule has 5 rings (SSSR count). The molecule has 4 aliphatic carbocycles. The summed E-state index contributed by atoms with van der Waals surface area (Å²) in [5.41, 5.74) is 0.530. The highest BCUT2D eigenvalue weighted by molar-refractivity contribution is 5.84. The van der Waals surface area contributed by atoms with E-state index in [1.54, 1.807) is 0 Å². The lowest BCUT2D eigenvalue weighted by atomic mass is 9.40. The molecule has 0 aromatic rings. The average Bonchev–Trinajstić information content (AvgIpc) is 2.42. The summed E-state index contributed by atoms with van der Waals surface area (Å²) in [7, 11) is 0. The predicted molar refractivity (Wildman–Crippen MR) is 91.3 cm³/mol. The third kappa shape index (κ3) is 2.40. The Morgan fingerprint density at radius 3 is 2.17 bits per heavy atom. The van der Waals surface area contributed by atoms with Crippen LogP contribution < -0.4 is 0 Å². The quantitative estimate of drug-likeness (QED) is 0.841. The zero-order valence-corrected chi connectivity index (χ0v) is 15.3. The van der Waals surface area contributed by atoms with E-state index in [0.29, 0.717) is 42.2 Å². The highest BCUT2D eigenvalue weighted by Crippen LogP contribution is 2.69. The Bertz CT molecular complexity index is 567. The largest absolute Gasteiger partial charge is 0.481 e. The summed E-state index contributed by atoms with van der Waals surface area (Å²) in [6.45, 7) is 8.03. The van der Waals surface area contributed by atoms with Gasteiger partial charge in [-0.3, -0.25) is 9.59 Å². The fraction of sp³-hybridized carbons (Fsp3) is 0.900. The minimum atomic E-state index is -0.704. The highest BCUT2D eigenvalue weighted by atomic mass is 16.4. The molecule has 1 amide bonds. The van der Waals surface area contributed by atoms with Gasteiger partial charge in [0, 0.05) is 13.1 Å². The number of piperidine rings is 1. The van der Waals surface area contributed by atoms with E-state index in [1.165, 1.54) is 19.3 Å². The molecular formula is C20H31NO3. The Kier molecular flexibility index (Phi) is 3.41. The number of rotatable bonds is 2. The standard InChI is InChI=1S/C20H31NO3/c1-13-9-21(5-4-15(13)16(22)23)17(24)20-8-14-6-18(2,11-20)10-19(3,7-14)12-20/h13-15H,4-12H2,1-3H3,(H,22,23). The number of aliphatic carboxylic acids is 1. The summed E-state index contributed by atoms with van der Waals surface area (Å²) in [5, 5.41) is 9.33. The van der Waals surface area contributed by atoms with Crippen LogP contribution in [0.3, 0.4) is 0 Å². The van der Waals surface area contributed by atoms with E-state index in [2.05, 4.69) is 13.8 Å². The van der Waals surface area contributed by atoms with Crippen LogP contribution >= 0.6 is 0 Å². The minimum absolute atomic E-state index is 0.0558. The Morgan fingerprint density at radius 1 is 1.04 bits per heavy atom. The molecule has 1 N–H and O–H groups in total. The number of carboxylic acids is 1. The fourth-order valence-corrected chi connectivity index (χ4v) is 7.72. The van der Waals surface area contributed by atoms with Gasteiger partial charge in [0.15, 0.2) is 0 Å². The molecule has 4 nitrogen and oxygen atoms in total. The average molecular weight is 333 g/mol. The minimum Gasteiger partial charge on any atom is -0.481 e. The molecule has 0 spiro atoms. The Morgan fingerprint density at radius 2 is 1.67 bits per heavy atom. The predicted octanol–water partition coefficient (Wildman–Crippen LogP) is 3.55. The second-order valence-electron chi connectivity index (χ2n) is 10.4. The Hall–Kier alpha value is -1.06. The molecule has 4 unspecified atom stereocenters. The van der Waals surface area contributed by atoms with E-state index in [9.17, 15) is 14.7 Å². The summed E-state index contributed by atoms with van der Waals surface area (Å²) in [5.74, 6) is 0.124. The Balaban J connectivity index is 1.56. The summed E-state index contributed by atoms with van der Waals surface area (Å²) >= 11 is 0. The maximum absolute atomic E-state index is 13.5. The smallest absolute Gasteiger partial charge is 0.306 e. The van der Waals surface area contributed by atoms with Crippen LogP contribution in [0.25, 0.3) is 0 Å². The van der Waals surface area contributed by atoms with Crippen molar-refractivity contribution in [2.75, 3.05) is 13.1 Å². The van der Waals surface area contributed by atoms with Crippen LogP contribution in [-0.2, 0) is 9.59 Å². The number of nitrogens with zero attached hydrogens (tertiary/aromatic N) is 1. The van der Waals surface area contributed by atoms with Gasteiger partial charge in [0.25, 0.3) is 0 Å². The van der Waals surface area contributed by atoms with Crippen LogP contribution in [0.1, 0.15) is 65.7 Å². The molecule has 4 bridgehead atoms. The molecule has 4 heteroatoms. The van der Waals surface area contributed by atoms with Gasteiger partial charge in [-0.15, -0.1) is 0 Å². The number of carboxylic acid groups (broad SMARTS) is 1. The molecule has 4 atom stereocenters. The number of amides is 1. The van der Waals surface area contributed by atoms with Crippen molar-refractivity contribution < 1.29 is 14.7 Å². The van der Waals surface area contributed by atoms with Crippen molar-refractivity contribution in [1.82, 2.24) is 4.90 Å². The molecule has 1 saturated heterocycles. The maximum Gasteiger partial charge on any atom is 0.306 e. The van der Waals surface area contributed by atoms with Gasteiger partial charge in [0.2, 0.25) is 5.91 Å². The van der Waals surface area contributed by atoms with E-state index in [-0.39, 0.29) is 17.3 Å². The summed E-state index contributed by atoms with van der Waals surface area (Å²) in [6, 6.07) is 0. The number of hydrogen-bond donors (Lipinski definition) is 1. The van der Waals surface area contributed by atoms with Crippen molar-refractivity contribution in [2.24, 2.45) is 34.0 Å². The van der Waals surface area contributed by atoms with E-state index < -0.39 is 5.97 Å². The van der Waals surface area contributed by atoms with E-state index in [4.69, 9.17) is 0 Å². The molecule has 4 saturated carbocycles. The Labute approximate surface area is 145 Å². The summed E-state index contributed by atoms with van der Waals surface area (Å²) in [4.78, 5) is 26.9. The molecule has 24 heavy (non-hydrogen) atoms. The highest BCUT2D eigenvalue weighted by Gasteiger charge is 2.63. The molecule has 5 fully saturated rings. The van der Waals surface area contributed by atoms with Crippen molar-refractivity contribution in [3.8, 4) is 0 Å². The van der Waals surface area contributed by atoms with Gasteiger partial charge in [-0.05, 0) is 67.6 Å². The lowest BCUT2D eigenvalue weighted by Crippen LogP contribution is -2.61. The molecule has 0 aromatic carbocycles. The molecule has 0 aromatic heterocycles. The first-order valence-electron chi connectivity index (χ1n) is 9.66. The van der Waals surface area contributed by atoms with Crippen molar-refractivity contribution in [1.29, 1.82) is 0 Å². The number of likely N-dealkylation sites (tertiary alicyclic amines) is 1. The van der Waals surface area contributed by atoms with E-state index in [1.807, 2.05) is 11.8 Å². The van der Waals surface area contributed by atoms with Gasteiger partial charge in [0.1, 0.15) is 0 Å². The SMILES string of the molecule is CC1CN(C(=O)C23CC4CC(C)(CC(C)(C4)C2)C3)CCC1C(=O)O. The second kappa shape index (κ2) is 4.98. The first-order chi connectivity index (χ1) is 11.1. The molecule has 1 heterocycles. The first-order valence-corrected chi connectivity index (χ1v) is 9.66. The maximum atomic E-state index is 13.5. The number of hydrogen-bond acceptors (Lipinski definition) is 2. The zero-order chi connectivity index (χ0) is 17.3. The van der Waals surface area contributed by atoms with Crippen LogP contribution in [-0.4, -0.2) is 35.0 Å². The van der Waals surface area contributed by atoms with Crippen LogP contribution in [0.2, 0.25) is 0 Å². The molecule has 5 aliphatic rings. The van der Waals surface area contributed by atoms with Crippen molar-refractivity contribution in [2.45, 2.75) is 65.7 Å². The topological polar surface area (TPSA) is 57.6 Å². The third-order valence-corrected chi connectivity index (χ3v) is 7.59. The monoisotopic (exact) mass is 333 g/mol. The van der Waals surface area contributed by atoms with Crippen LogP contribution in [0.15, 0.2) is 0 Å². The van der Waals surface area contributed by atoms with Gasteiger partial charge in [0.05, 0.1) is 11.3 Å². The van der Waals surface area contributed by atoms with Gasteiger partial charge in [-0.1, -0.05) is 20.8 Å². The third-order valence-electron chi connectivity index (χ3n) is 7.59. The first kappa shape index (κ1) is 16.4. The lowest BCUT2D eigenvalue weighted by Gasteiger charge is -2.65. The summed E-state index contributed by atoms with van der Waals surface area (Å²) in [6.07, 6.45) is 7.67. The van der Waals surface area contributed by atoms with Gasteiger partial charge < -0.3 is 10.0 Å². The van der Waals surface area contributed by atoms with Gasteiger partial charge in [-0.25, -0.2) is 0 Å². The van der Waals surface area contributed by atoms with Crippen molar-refractivity contribution >= 4 is 11.9 Å².